The highest BCUT2D eigenvalue weighted by atomic mass is 16.5. The highest BCUT2D eigenvalue weighted by Crippen LogP contribution is 1.96. The maximum absolute atomic E-state index is 5.44. The highest BCUT2D eigenvalue weighted by Gasteiger charge is 1.98. The molecule has 0 amide bonds. The van der Waals surface area contributed by atoms with Crippen molar-refractivity contribution in [2.75, 3.05) is 13.7 Å². The largest absolute Gasteiger partial charge is 0.377 e. The first kappa shape index (κ1) is 11.2. The maximum Gasteiger partial charge on any atom is 0.0762 e. The van der Waals surface area contributed by atoms with E-state index in [1.165, 1.54) is 0 Å². The van der Waals surface area contributed by atoms with Gasteiger partial charge >= 0.3 is 0 Å². The lowest BCUT2D eigenvalue weighted by atomic mass is 10.4. The third kappa shape index (κ3) is 3.89. The van der Waals surface area contributed by atoms with E-state index in [4.69, 9.17) is 4.74 Å². The lowest BCUT2D eigenvalue weighted by Gasteiger charge is -2.06. The van der Waals surface area contributed by atoms with Gasteiger partial charge < -0.3 is 10.1 Å². The van der Waals surface area contributed by atoms with Crippen LogP contribution in [0.25, 0.3) is 0 Å². The van der Waals surface area contributed by atoms with E-state index < -0.39 is 0 Å². The lowest BCUT2D eigenvalue weighted by molar-refractivity contribution is 0.0709. The third-order valence-electron chi connectivity index (χ3n) is 1.83. The summed E-state index contributed by atoms with van der Waals surface area (Å²) in [5.41, 5.74) is 1.07. The molecule has 80 valence electrons. The number of nitrogens with zero attached hydrogens (tertiary/aromatic N) is 2. The maximum atomic E-state index is 5.44. The van der Waals surface area contributed by atoms with E-state index in [-0.39, 0.29) is 0 Å². The normalized spacial score (nSPS) is 11.1. The van der Waals surface area contributed by atoms with E-state index in [1.54, 1.807) is 0 Å². The van der Waals surface area contributed by atoms with Crippen molar-refractivity contribution >= 4 is 0 Å². The van der Waals surface area contributed by atoms with Crippen molar-refractivity contribution in [3.63, 3.8) is 0 Å². The smallest absolute Gasteiger partial charge is 0.0762 e. The van der Waals surface area contributed by atoms with Crippen molar-refractivity contribution in [1.29, 1.82) is 0 Å². The van der Waals surface area contributed by atoms with Crippen molar-refractivity contribution < 1.29 is 4.74 Å². The molecule has 0 aliphatic carbocycles. The zero-order valence-electron chi connectivity index (χ0n) is 9.16. The summed E-state index contributed by atoms with van der Waals surface area (Å²) in [5, 5.41) is 7.44. The summed E-state index contributed by atoms with van der Waals surface area (Å²) in [6.07, 6.45) is 2.28. The molecule has 0 aromatic carbocycles. The zero-order chi connectivity index (χ0) is 10.4. The topological polar surface area (TPSA) is 39.1 Å². The Labute approximate surface area is 85.3 Å². The van der Waals surface area contributed by atoms with Crippen molar-refractivity contribution in [1.82, 2.24) is 15.1 Å². The molecule has 0 saturated carbocycles. The fourth-order valence-corrected chi connectivity index (χ4v) is 1.19. The average Bonchev–Trinajstić information content (AvgIpc) is 2.53. The van der Waals surface area contributed by atoms with E-state index in [1.807, 2.05) is 37.8 Å². The molecule has 4 nitrogen and oxygen atoms in total. The molecule has 0 radical (unpaired) electrons. The quantitative estimate of drug-likeness (QED) is 0.740. The van der Waals surface area contributed by atoms with Crippen LogP contribution in [0.4, 0.5) is 0 Å². The van der Waals surface area contributed by atoms with Gasteiger partial charge in [-0.2, -0.15) is 5.10 Å². The van der Waals surface area contributed by atoms with Crippen LogP contribution in [0.3, 0.4) is 0 Å². The Morgan fingerprint density at radius 2 is 2.36 bits per heavy atom. The van der Waals surface area contributed by atoms with Crippen LogP contribution in [0, 0.1) is 0 Å². The Morgan fingerprint density at radius 1 is 1.57 bits per heavy atom. The van der Waals surface area contributed by atoms with Crippen LogP contribution in [0.15, 0.2) is 12.3 Å². The molecular weight excluding hydrogens is 178 g/mol. The van der Waals surface area contributed by atoms with Gasteiger partial charge in [0.05, 0.1) is 24.9 Å². The van der Waals surface area contributed by atoms with E-state index in [0.29, 0.717) is 6.10 Å². The Hall–Kier alpha value is -0.870. The van der Waals surface area contributed by atoms with Gasteiger partial charge in [-0.3, -0.25) is 4.68 Å². The molecular formula is C10H19N3O. The van der Waals surface area contributed by atoms with Gasteiger partial charge in [0.15, 0.2) is 0 Å². The van der Waals surface area contributed by atoms with Gasteiger partial charge in [-0.15, -0.1) is 0 Å². The minimum atomic E-state index is 0.294. The number of aromatic nitrogens is 2. The van der Waals surface area contributed by atoms with Crippen molar-refractivity contribution in [3.05, 3.63) is 18.0 Å². The summed E-state index contributed by atoms with van der Waals surface area (Å²) in [4.78, 5) is 0. The first-order valence-corrected chi connectivity index (χ1v) is 5.01. The van der Waals surface area contributed by atoms with E-state index >= 15 is 0 Å². The zero-order valence-corrected chi connectivity index (χ0v) is 9.16. The SMILES string of the molecule is CNCc1ccn(CCOC(C)C)n1. The summed E-state index contributed by atoms with van der Waals surface area (Å²) >= 11 is 0. The number of hydrogen-bond donors (Lipinski definition) is 1. The predicted molar refractivity (Wildman–Crippen MR) is 56.1 cm³/mol. The summed E-state index contributed by atoms with van der Waals surface area (Å²) in [6, 6.07) is 2.02. The molecule has 4 heteroatoms. The molecule has 0 fully saturated rings. The predicted octanol–water partition coefficient (Wildman–Crippen LogP) is 1.03. The minimum absolute atomic E-state index is 0.294. The Bertz CT molecular complexity index is 258. The van der Waals surface area contributed by atoms with Crippen LogP contribution in [0.1, 0.15) is 19.5 Å². The lowest BCUT2D eigenvalue weighted by Crippen LogP contribution is -2.12. The molecule has 0 spiro atoms. The molecule has 0 aliphatic rings. The van der Waals surface area contributed by atoms with Crippen LogP contribution in [-0.2, 0) is 17.8 Å². The van der Waals surface area contributed by atoms with Crippen LogP contribution in [0.5, 0.6) is 0 Å². The second-order valence-electron chi connectivity index (χ2n) is 3.52. The Morgan fingerprint density at radius 3 is 3.00 bits per heavy atom. The molecule has 1 aromatic heterocycles. The van der Waals surface area contributed by atoms with Gasteiger partial charge in [-0.1, -0.05) is 0 Å². The Balaban J connectivity index is 2.28. The first-order chi connectivity index (χ1) is 6.72. The number of hydrogen-bond acceptors (Lipinski definition) is 3. The standard InChI is InChI=1S/C10H19N3O/c1-9(2)14-7-6-13-5-4-10(12-13)8-11-3/h4-5,9,11H,6-8H2,1-3H3. The molecule has 0 atom stereocenters. The molecule has 14 heavy (non-hydrogen) atoms. The molecule has 0 saturated heterocycles. The molecule has 0 bridgehead atoms. The molecule has 0 aliphatic heterocycles. The third-order valence-corrected chi connectivity index (χ3v) is 1.83. The second-order valence-corrected chi connectivity index (χ2v) is 3.52. The molecule has 1 aromatic rings. The summed E-state index contributed by atoms with van der Waals surface area (Å²) in [7, 11) is 1.92. The summed E-state index contributed by atoms with van der Waals surface area (Å²) in [6.45, 7) is 6.43. The van der Waals surface area contributed by atoms with Crippen LogP contribution in [-0.4, -0.2) is 29.5 Å². The number of rotatable bonds is 6. The number of nitrogens with one attached hydrogen (secondary N) is 1. The number of ether oxygens (including phenoxy) is 1. The first-order valence-electron chi connectivity index (χ1n) is 5.01. The highest BCUT2D eigenvalue weighted by molar-refractivity contribution is 4.97. The monoisotopic (exact) mass is 197 g/mol. The van der Waals surface area contributed by atoms with Gasteiger partial charge in [0, 0.05) is 12.7 Å². The van der Waals surface area contributed by atoms with Gasteiger partial charge in [-0.05, 0) is 27.0 Å². The average molecular weight is 197 g/mol. The second kappa shape index (κ2) is 5.78. The van der Waals surface area contributed by atoms with Crippen molar-refractivity contribution in [3.8, 4) is 0 Å². The van der Waals surface area contributed by atoms with Crippen molar-refractivity contribution in [2.24, 2.45) is 0 Å². The van der Waals surface area contributed by atoms with Gasteiger partial charge in [-0.25, -0.2) is 0 Å². The van der Waals surface area contributed by atoms with E-state index in [2.05, 4.69) is 10.4 Å². The molecule has 0 unspecified atom stereocenters. The van der Waals surface area contributed by atoms with Gasteiger partial charge in [0.2, 0.25) is 0 Å². The summed E-state index contributed by atoms with van der Waals surface area (Å²) in [5.74, 6) is 0. The molecule has 1 heterocycles. The van der Waals surface area contributed by atoms with Gasteiger partial charge in [0.25, 0.3) is 0 Å². The molecule has 1 N–H and O–H groups in total. The van der Waals surface area contributed by atoms with Crippen LogP contribution < -0.4 is 5.32 Å². The van der Waals surface area contributed by atoms with Crippen LogP contribution in [0.2, 0.25) is 0 Å². The van der Waals surface area contributed by atoms with Crippen molar-refractivity contribution in [2.45, 2.75) is 33.0 Å². The van der Waals surface area contributed by atoms with E-state index in [0.717, 1.165) is 25.4 Å². The van der Waals surface area contributed by atoms with Crippen LogP contribution >= 0.6 is 0 Å². The van der Waals surface area contributed by atoms with Gasteiger partial charge in [0.1, 0.15) is 0 Å². The minimum Gasteiger partial charge on any atom is -0.377 e. The fourth-order valence-electron chi connectivity index (χ4n) is 1.19. The Kier molecular flexibility index (Phi) is 4.62. The molecule has 1 rings (SSSR count). The van der Waals surface area contributed by atoms with E-state index in [9.17, 15) is 0 Å². The summed E-state index contributed by atoms with van der Waals surface area (Å²) < 4.78 is 7.35. The fraction of sp³-hybridized carbons (Fsp3) is 0.700.